The van der Waals surface area contributed by atoms with Crippen molar-refractivity contribution < 1.29 is 18.6 Å². The molecule has 0 spiro atoms. The molecule has 3 N–H and O–H groups in total. The molecule has 2 saturated heterocycles. The van der Waals surface area contributed by atoms with E-state index in [1.54, 1.807) is 4.90 Å². The number of hydrogen-bond donors (Lipinski definition) is 3. The van der Waals surface area contributed by atoms with Crippen molar-refractivity contribution in [3.8, 4) is 0 Å². The van der Waals surface area contributed by atoms with Crippen molar-refractivity contribution in [3.63, 3.8) is 0 Å². The number of aliphatic hydroxyl groups is 1. The van der Waals surface area contributed by atoms with E-state index in [1.807, 2.05) is 6.92 Å². The Morgan fingerprint density at radius 3 is 2.69 bits per heavy atom. The van der Waals surface area contributed by atoms with E-state index in [9.17, 15) is 13.9 Å². The Kier molecular flexibility index (Phi) is 5.93. The highest BCUT2D eigenvalue weighted by Gasteiger charge is 2.38. The summed E-state index contributed by atoms with van der Waals surface area (Å²) < 4.78 is 33.1. The van der Waals surface area contributed by atoms with Gasteiger partial charge in [-0.15, -0.1) is 0 Å². The fraction of sp³-hybridized carbons (Fsp3) is 0.611. The average molecular weight is 368 g/mol. The number of hydrogen-bond acceptors (Lipinski definition) is 4. The Bertz CT molecular complexity index is 626. The molecule has 6 nitrogen and oxygen atoms in total. The summed E-state index contributed by atoms with van der Waals surface area (Å²) in [5.74, 6) is -0.435. The third-order valence-electron chi connectivity index (χ3n) is 4.85. The maximum atomic E-state index is 14.0. The van der Waals surface area contributed by atoms with Gasteiger partial charge in [-0.1, -0.05) is 6.07 Å². The van der Waals surface area contributed by atoms with Crippen molar-refractivity contribution in [1.29, 1.82) is 0 Å². The first kappa shape index (κ1) is 18.8. The van der Waals surface area contributed by atoms with Crippen LogP contribution in [0.3, 0.4) is 0 Å². The minimum absolute atomic E-state index is 0.0320. The van der Waals surface area contributed by atoms with Gasteiger partial charge in [-0.25, -0.2) is 8.78 Å². The molecule has 1 aromatic rings. The van der Waals surface area contributed by atoms with Gasteiger partial charge in [-0.05, 0) is 25.5 Å². The van der Waals surface area contributed by atoms with Crippen LogP contribution in [-0.4, -0.2) is 63.1 Å². The van der Waals surface area contributed by atoms with Crippen LogP contribution in [0.1, 0.15) is 13.3 Å². The minimum Gasteiger partial charge on any atom is -0.396 e. The molecular weight excluding hydrogens is 342 g/mol. The Labute approximate surface area is 152 Å². The van der Waals surface area contributed by atoms with Crippen LogP contribution in [0, 0.1) is 17.0 Å². The fourth-order valence-corrected chi connectivity index (χ4v) is 3.26. The second-order valence-corrected chi connectivity index (χ2v) is 6.99. The average Bonchev–Trinajstić information content (AvgIpc) is 3.02. The summed E-state index contributed by atoms with van der Waals surface area (Å²) in [5, 5.41) is 16.0. The lowest BCUT2D eigenvalue weighted by molar-refractivity contribution is -0.130. The maximum absolute atomic E-state index is 14.0. The first-order valence-corrected chi connectivity index (χ1v) is 8.99. The zero-order valence-corrected chi connectivity index (χ0v) is 15.0. The number of anilines is 1. The van der Waals surface area contributed by atoms with Gasteiger partial charge in [-0.3, -0.25) is 4.99 Å². The molecule has 144 valence electrons. The molecule has 26 heavy (non-hydrogen) atoms. The van der Waals surface area contributed by atoms with Crippen LogP contribution >= 0.6 is 0 Å². The Balaban J connectivity index is 1.62. The van der Waals surface area contributed by atoms with Crippen molar-refractivity contribution >= 4 is 11.6 Å². The lowest BCUT2D eigenvalue weighted by Crippen LogP contribution is -2.50. The molecule has 1 aromatic carbocycles. The predicted molar refractivity (Wildman–Crippen MR) is 96.4 cm³/mol. The van der Waals surface area contributed by atoms with Gasteiger partial charge >= 0.3 is 0 Å². The van der Waals surface area contributed by atoms with Crippen molar-refractivity contribution in [2.24, 2.45) is 10.4 Å². The smallest absolute Gasteiger partial charge is 0.191 e. The number of ether oxygens (including phenoxy) is 1. The Morgan fingerprint density at radius 1 is 1.38 bits per heavy atom. The van der Waals surface area contributed by atoms with Gasteiger partial charge in [-0.2, -0.15) is 0 Å². The molecule has 0 radical (unpaired) electrons. The van der Waals surface area contributed by atoms with Crippen molar-refractivity contribution in [2.75, 3.05) is 50.9 Å². The summed E-state index contributed by atoms with van der Waals surface area (Å²) in [6, 6.07) is 3.96. The monoisotopic (exact) mass is 368 g/mol. The van der Waals surface area contributed by atoms with E-state index in [1.165, 1.54) is 18.2 Å². The zero-order chi connectivity index (χ0) is 18.6. The molecule has 8 heteroatoms. The van der Waals surface area contributed by atoms with E-state index in [4.69, 9.17) is 4.74 Å². The first-order chi connectivity index (χ1) is 12.6. The van der Waals surface area contributed by atoms with Gasteiger partial charge in [0.2, 0.25) is 0 Å². The van der Waals surface area contributed by atoms with Gasteiger partial charge < -0.3 is 25.4 Å². The molecule has 2 heterocycles. The highest BCUT2D eigenvalue weighted by atomic mass is 19.1. The third kappa shape index (κ3) is 4.07. The molecular formula is C18H26F2N4O2. The number of nitrogens with zero attached hydrogens (tertiary/aromatic N) is 2. The van der Waals surface area contributed by atoms with Gasteiger partial charge in [0, 0.05) is 25.7 Å². The number of para-hydroxylation sites is 1. The van der Waals surface area contributed by atoms with Crippen molar-refractivity contribution in [2.45, 2.75) is 19.4 Å². The molecule has 2 aliphatic rings. The van der Waals surface area contributed by atoms with Crippen LogP contribution in [0.25, 0.3) is 0 Å². The molecule has 0 bridgehead atoms. The lowest BCUT2D eigenvalue weighted by atomic mass is 9.87. The van der Waals surface area contributed by atoms with Crippen molar-refractivity contribution in [3.05, 3.63) is 29.8 Å². The number of aliphatic imine (C=N–C) groups is 1. The molecule has 3 rings (SSSR count). The highest BCUT2D eigenvalue weighted by molar-refractivity contribution is 5.80. The SMILES string of the molecule is CCNC(=NCC1(CO)COC1)NC1CCN(c2c(F)cccc2F)C1. The van der Waals surface area contributed by atoms with Crippen molar-refractivity contribution in [1.82, 2.24) is 10.6 Å². The molecule has 0 saturated carbocycles. The molecule has 1 unspecified atom stereocenters. The van der Waals surface area contributed by atoms with E-state index < -0.39 is 11.6 Å². The third-order valence-corrected chi connectivity index (χ3v) is 4.85. The molecule has 0 amide bonds. The minimum atomic E-state index is -0.541. The summed E-state index contributed by atoms with van der Waals surface area (Å²) in [6.45, 7) is 5.27. The number of halogens is 2. The van der Waals surface area contributed by atoms with Crippen LogP contribution in [0.2, 0.25) is 0 Å². The summed E-state index contributed by atoms with van der Waals surface area (Å²) in [4.78, 5) is 6.29. The van der Waals surface area contributed by atoms with Crippen LogP contribution in [0.4, 0.5) is 14.5 Å². The van der Waals surface area contributed by atoms with E-state index in [-0.39, 0.29) is 23.8 Å². The van der Waals surface area contributed by atoms with Gasteiger partial charge in [0.05, 0.1) is 31.8 Å². The summed E-state index contributed by atoms with van der Waals surface area (Å²) in [6.07, 6.45) is 0.756. The Hall–Kier alpha value is -1.93. The molecule has 2 aliphatic heterocycles. The standard InChI is InChI=1S/C18H26F2N4O2/c1-2-21-17(22-9-18(10-25)11-26-12-18)23-13-6-7-24(8-13)16-14(19)4-3-5-15(16)20/h3-5,13,25H,2,6-12H2,1H3,(H2,21,22,23). The second kappa shape index (κ2) is 8.18. The summed E-state index contributed by atoms with van der Waals surface area (Å²) >= 11 is 0. The first-order valence-electron chi connectivity index (χ1n) is 8.99. The van der Waals surface area contributed by atoms with Gasteiger partial charge in [0.15, 0.2) is 5.96 Å². The molecule has 1 atom stereocenters. The number of aliphatic hydroxyl groups excluding tert-OH is 1. The highest BCUT2D eigenvalue weighted by Crippen LogP contribution is 2.28. The maximum Gasteiger partial charge on any atom is 0.191 e. The Morgan fingerprint density at radius 2 is 2.12 bits per heavy atom. The van der Waals surface area contributed by atoms with Gasteiger partial charge in [0.1, 0.15) is 17.3 Å². The summed E-state index contributed by atoms with van der Waals surface area (Å²) in [5.41, 5.74) is -0.259. The van der Waals surface area contributed by atoms with Gasteiger partial charge in [0.25, 0.3) is 0 Å². The van der Waals surface area contributed by atoms with Crippen LogP contribution in [-0.2, 0) is 4.74 Å². The van der Waals surface area contributed by atoms with E-state index >= 15 is 0 Å². The van der Waals surface area contributed by atoms with Crippen LogP contribution in [0.15, 0.2) is 23.2 Å². The molecule has 0 aromatic heterocycles. The number of benzene rings is 1. The van der Waals surface area contributed by atoms with E-state index in [0.29, 0.717) is 45.4 Å². The molecule has 2 fully saturated rings. The van der Waals surface area contributed by atoms with Crippen LogP contribution in [0.5, 0.6) is 0 Å². The molecule has 0 aliphatic carbocycles. The largest absolute Gasteiger partial charge is 0.396 e. The quantitative estimate of drug-likeness (QED) is 0.518. The van der Waals surface area contributed by atoms with Crippen LogP contribution < -0.4 is 15.5 Å². The number of guanidine groups is 1. The zero-order valence-electron chi connectivity index (χ0n) is 15.0. The fourth-order valence-electron chi connectivity index (χ4n) is 3.26. The second-order valence-electron chi connectivity index (χ2n) is 6.99. The van der Waals surface area contributed by atoms with E-state index in [2.05, 4.69) is 15.6 Å². The number of rotatable bonds is 6. The number of nitrogens with one attached hydrogen (secondary N) is 2. The predicted octanol–water partition coefficient (Wildman–Crippen LogP) is 1.11. The topological polar surface area (TPSA) is 69.1 Å². The lowest BCUT2D eigenvalue weighted by Gasteiger charge is -2.38. The summed E-state index contributed by atoms with van der Waals surface area (Å²) in [7, 11) is 0. The normalized spacial score (nSPS) is 22.2. The van der Waals surface area contributed by atoms with E-state index in [0.717, 1.165) is 6.42 Å².